The molecule has 21 heavy (non-hydrogen) atoms. The van der Waals surface area contributed by atoms with E-state index in [0.717, 1.165) is 4.90 Å². The quantitative estimate of drug-likeness (QED) is 0.583. The lowest BCUT2D eigenvalue weighted by Crippen LogP contribution is -2.12. The molecule has 0 saturated heterocycles. The van der Waals surface area contributed by atoms with Gasteiger partial charge in [-0.15, -0.1) is 11.8 Å². The molecule has 0 saturated carbocycles. The number of hydrogen-bond donors (Lipinski definition) is 2. The lowest BCUT2D eigenvalue weighted by molar-refractivity contribution is 0.102. The summed E-state index contributed by atoms with van der Waals surface area (Å²) in [6.07, 6.45) is 1.92. The standard InChI is InChI=1S/C14H11Cl3N2OS/c1-21-8-2-3-10(15)9(6-8)14(20)19-7-4-11(16)13(18)12(17)5-7/h2-6H,18H2,1H3,(H,19,20). The first kappa shape index (κ1) is 16.3. The molecule has 3 nitrogen and oxygen atoms in total. The Morgan fingerprint density at radius 1 is 1.10 bits per heavy atom. The Balaban J connectivity index is 2.30. The number of nitrogens with one attached hydrogen (secondary N) is 1. The number of rotatable bonds is 3. The van der Waals surface area contributed by atoms with Gasteiger partial charge in [-0.2, -0.15) is 0 Å². The Labute approximate surface area is 141 Å². The maximum Gasteiger partial charge on any atom is 0.257 e. The van der Waals surface area contributed by atoms with Crippen molar-refractivity contribution >= 4 is 63.8 Å². The van der Waals surface area contributed by atoms with Gasteiger partial charge >= 0.3 is 0 Å². The molecule has 7 heteroatoms. The Bertz CT molecular complexity index is 684. The van der Waals surface area contributed by atoms with Gasteiger partial charge < -0.3 is 11.1 Å². The molecule has 1 amide bonds. The van der Waals surface area contributed by atoms with E-state index in [2.05, 4.69) is 5.32 Å². The number of amides is 1. The van der Waals surface area contributed by atoms with Crippen LogP contribution in [-0.4, -0.2) is 12.2 Å². The van der Waals surface area contributed by atoms with Gasteiger partial charge in [-0.25, -0.2) is 0 Å². The van der Waals surface area contributed by atoms with E-state index >= 15 is 0 Å². The van der Waals surface area contributed by atoms with Crippen molar-refractivity contribution in [2.45, 2.75) is 4.90 Å². The molecule has 2 aromatic carbocycles. The fraction of sp³-hybridized carbons (Fsp3) is 0.0714. The molecular formula is C14H11Cl3N2OS. The Kier molecular flexibility index (Phi) is 5.27. The van der Waals surface area contributed by atoms with Crippen molar-refractivity contribution in [2.75, 3.05) is 17.3 Å². The number of carbonyl (C=O) groups excluding carboxylic acids is 1. The van der Waals surface area contributed by atoms with Gasteiger partial charge in [-0.05, 0) is 36.6 Å². The monoisotopic (exact) mass is 360 g/mol. The van der Waals surface area contributed by atoms with Gasteiger partial charge in [-0.3, -0.25) is 4.79 Å². The van der Waals surface area contributed by atoms with Crippen LogP contribution in [0.3, 0.4) is 0 Å². The summed E-state index contributed by atoms with van der Waals surface area (Å²) in [6, 6.07) is 8.33. The van der Waals surface area contributed by atoms with E-state index in [0.29, 0.717) is 16.3 Å². The third-order valence-electron chi connectivity index (χ3n) is 2.76. The molecule has 0 aromatic heterocycles. The summed E-state index contributed by atoms with van der Waals surface area (Å²) in [7, 11) is 0. The second-order valence-corrected chi connectivity index (χ2v) is 6.25. The van der Waals surface area contributed by atoms with E-state index in [1.807, 2.05) is 12.3 Å². The Hall–Kier alpha value is -1.07. The lowest BCUT2D eigenvalue weighted by Gasteiger charge is -2.10. The predicted molar refractivity (Wildman–Crippen MR) is 92.1 cm³/mol. The maximum atomic E-state index is 12.3. The molecule has 0 aliphatic carbocycles. The smallest absolute Gasteiger partial charge is 0.257 e. The fourth-order valence-electron chi connectivity index (χ4n) is 1.66. The molecule has 3 N–H and O–H groups in total. The van der Waals surface area contributed by atoms with Gasteiger partial charge in [-0.1, -0.05) is 34.8 Å². The van der Waals surface area contributed by atoms with Crippen LogP contribution in [0.25, 0.3) is 0 Å². The SMILES string of the molecule is CSc1ccc(Cl)c(C(=O)Nc2cc(Cl)c(N)c(Cl)c2)c1. The summed E-state index contributed by atoms with van der Waals surface area (Å²) in [6.45, 7) is 0. The molecule has 0 unspecified atom stereocenters. The maximum absolute atomic E-state index is 12.3. The second-order valence-electron chi connectivity index (χ2n) is 4.15. The number of nitrogen functional groups attached to an aromatic ring is 1. The minimum Gasteiger partial charge on any atom is -0.396 e. The molecule has 110 valence electrons. The van der Waals surface area contributed by atoms with Crippen LogP contribution in [0.2, 0.25) is 15.1 Å². The Morgan fingerprint density at radius 2 is 1.71 bits per heavy atom. The van der Waals surface area contributed by atoms with E-state index in [-0.39, 0.29) is 21.6 Å². The summed E-state index contributed by atoms with van der Waals surface area (Å²) < 4.78 is 0. The van der Waals surface area contributed by atoms with E-state index in [1.54, 1.807) is 12.1 Å². The van der Waals surface area contributed by atoms with Gasteiger partial charge in [0.25, 0.3) is 5.91 Å². The molecule has 0 radical (unpaired) electrons. The lowest BCUT2D eigenvalue weighted by atomic mass is 10.2. The van der Waals surface area contributed by atoms with Crippen LogP contribution in [0.15, 0.2) is 35.2 Å². The van der Waals surface area contributed by atoms with E-state index in [9.17, 15) is 4.79 Å². The normalized spacial score (nSPS) is 10.5. The molecule has 0 heterocycles. The topological polar surface area (TPSA) is 55.1 Å². The molecule has 2 aromatic rings. The first-order valence-corrected chi connectivity index (χ1v) is 8.17. The van der Waals surface area contributed by atoms with Crippen molar-refractivity contribution < 1.29 is 4.79 Å². The van der Waals surface area contributed by atoms with Crippen LogP contribution in [-0.2, 0) is 0 Å². The molecule has 0 spiro atoms. The number of nitrogens with two attached hydrogens (primary N) is 1. The Morgan fingerprint density at radius 3 is 2.29 bits per heavy atom. The summed E-state index contributed by atoms with van der Waals surface area (Å²) in [5, 5.41) is 3.63. The van der Waals surface area contributed by atoms with Crippen LogP contribution in [0, 0.1) is 0 Å². The zero-order valence-corrected chi connectivity index (χ0v) is 14.0. The molecule has 0 aliphatic heterocycles. The number of benzene rings is 2. The third kappa shape index (κ3) is 3.77. The first-order valence-electron chi connectivity index (χ1n) is 5.81. The molecule has 0 aliphatic rings. The van der Waals surface area contributed by atoms with Crippen molar-refractivity contribution in [3.8, 4) is 0 Å². The number of thioether (sulfide) groups is 1. The summed E-state index contributed by atoms with van der Waals surface area (Å²) >= 11 is 19.5. The van der Waals surface area contributed by atoms with Crippen molar-refractivity contribution in [3.05, 3.63) is 51.0 Å². The highest BCUT2D eigenvalue weighted by Gasteiger charge is 2.13. The number of hydrogen-bond acceptors (Lipinski definition) is 3. The van der Waals surface area contributed by atoms with E-state index in [1.165, 1.54) is 23.9 Å². The van der Waals surface area contributed by atoms with Gasteiger partial charge in [0, 0.05) is 10.6 Å². The summed E-state index contributed by atoms with van der Waals surface area (Å²) in [5.74, 6) is -0.340. The fourth-order valence-corrected chi connectivity index (χ4v) is 2.79. The number of anilines is 2. The minimum atomic E-state index is -0.340. The van der Waals surface area contributed by atoms with Crippen LogP contribution >= 0.6 is 46.6 Å². The zero-order valence-electron chi connectivity index (χ0n) is 10.9. The highest BCUT2D eigenvalue weighted by atomic mass is 35.5. The largest absolute Gasteiger partial charge is 0.396 e. The predicted octanol–water partition coefficient (Wildman–Crippen LogP) is 5.20. The average molecular weight is 362 g/mol. The van der Waals surface area contributed by atoms with Gasteiger partial charge in [0.2, 0.25) is 0 Å². The van der Waals surface area contributed by atoms with Gasteiger partial charge in [0.05, 0.1) is 26.3 Å². The third-order valence-corrected chi connectivity index (χ3v) is 4.44. The molecule has 0 bridgehead atoms. The van der Waals surface area contributed by atoms with Crippen molar-refractivity contribution in [1.29, 1.82) is 0 Å². The average Bonchev–Trinajstić information content (AvgIpc) is 2.45. The van der Waals surface area contributed by atoms with Crippen molar-refractivity contribution in [1.82, 2.24) is 0 Å². The van der Waals surface area contributed by atoms with Crippen molar-refractivity contribution in [3.63, 3.8) is 0 Å². The minimum absolute atomic E-state index is 0.277. The number of carbonyl (C=O) groups is 1. The molecule has 0 fully saturated rings. The number of halogens is 3. The van der Waals surface area contributed by atoms with Crippen LogP contribution in [0.5, 0.6) is 0 Å². The van der Waals surface area contributed by atoms with Crippen molar-refractivity contribution in [2.24, 2.45) is 0 Å². The van der Waals surface area contributed by atoms with E-state index < -0.39 is 0 Å². The van der Waals surface area contributed by atoms with Crippen LogP contribution < -0.4 is 11.1 Å². The second kappa shape index (κ2) is 6.79. The highest BCUT2D eigenvalue weighted by Crippen LogP contribution is 2.31. The summed E-state index contributed by atoms with van der Waals surface area (Å²) in [5.41, 5.74) is 6.77. The van der Waals surface area contributed by atoms with E-state index in [4.69, 9.17) is 40.5 Å². The zero-order chi connectivity index (χ0) is 15.6. The van der Waals surface area contributed by atoms with Gasteiger partial charge in [0.1, 0.15) is 0 Å². The van der Waals surface area contributed by atoms with Gasteiger partial charge in [0.15, 0.2) is 0 Å². The first-order chi connectivity index (χ1) is 9.92. The molecule has 2 rings (SSSR count). The molecular weight excluding hydrogens is 351 g/mol. The summed E-state index contributed by atoms with van der Waals surface area (Å²) in [4.78, 5) is 13.2. The van der Waals surface area contributed by atoms with Crippen LogP contribution in [0.1, 0.15) is 10.4 Å². The van der Waals surface area contributed by atoms with Crippen LogP contribution in [0.4, 0.5) is 11.4 Å². The highest BCUT2D eigenvalue weighted by molar-refractivity contribution is 7.98. The molecule has 0 atom stereocenters.